The van der Waals surface area contributed by atoms with E-state index < -0.39 is 18.2 Å². The van der Waals surface area contributed by atoms with Crippen molar-refractivity contribution in [2.24, 2.45) is 34.5 Å². The third-order valence-electron chi connectivity index (χ3n) is 11.3. The average Bonchev–Trinajstić information content (AvgIpc) is 3.21. The molecule has 0 aromatic carbocycles. The van der Waals surface area contributed by atoms with Gasteiger partial charge in [-0.1, -0.05) is 31.6 Å². The highest BCUT2D eigenvalue weighted by atomic mass is 16.6. The van der Waals surface area contributed by atoms with Gasteiger partial charge in [-0.15, -0.1) is 0 Å². The third kappa shape index (κ3) is 5.20. The Balaban J connectivity index is 1.68. The largest absolute Gasteiger partial charge is 0.460 e. The molecule has 39 heavy (non-hydrogen) atoms. The van der Waals surface area contributed by atoms with Gasteiger partial charge in [-0.3, -0.25) is 14.4 Å². The molecular formula is C32H50N2O5. The van der Waals surface area contributed by atoms with Crippen LogP contribution in [0.1, 0.15) is 87.0 Å². The summed E-state index contributed by atoms with van der Waals surface area (Å²) >= 11 is 0. The van der Waals surface area contributed by atoms with Crippen molar-refractivity contribution >= 4 is 17.8 Å². The molecule has 1 amide bonds. The summed E-state index contributed by atoms with van der Waals surface area (Å²) in [5.41, 5.74) is 2.20. The van der Waals surface area contributed by atoms with Gasteiger partial charge >= 0.3 is 11.9 Å². The van der Waals surface area contributed by atoms with E-state index >= 15 is 0 Å². The summed E-state index contributed by atoms with van der Waals surface area (Å²) in [5, 5.41) is 3.10. The number of hydrogen-bond acceptors (Lipinski definition) is 6. The van der Waals surface area contributed by atoms with Crippen molar-refractivity contribution in [2.45, 2.75) is 111 Å². The van der Waals surface area contributed by atoms with Gasteiger partial charge in [0.05, 0.1) is 0 Å². The fourth-order valence-corrected chi connectivity index (χ4v) is 9.12. The molecule has 0 aromatic heterocycles. The predicted molar refractivity (Wildman–Crippen MR) is 152 cm³/mol. The van der Waals surface area contributed by atoms with Crippen LogP contribution in [0.2, 0.25) is 0 Å². The Hall–Kier alpha value is -2.15. The van der Waals surface area contributed by atoms with Crippen LogP contribution in [-0.4, -0.2) is 61.1 Å². The quantitative estimate of drug-likeness (QED) is 0.287. The molecule has 218 valence electrons. The summed E-state index contributed by atoms with van der Waals surface area (Å²) in [7, 11) is 4.33. The van der Waals surface area contributed by atoms with E-state index in [4.69, 9.17) is 9.47 Å². The van der Waals surface area contributed by atoms with Gasteiger partial charge in [0.1, 0.15) is 18.2 Å². The van der Waals surface area contributed by atoms with E-state index in [0.29, 0.717) is 35.8 Å². The van der Waals surface area contributed by atoms with E-state index in [2.05, 4.69) is 51.2 Å². The van der Waals surface area contributed by atoms with Gasteiger partial charge in [0, 0.05) is 31.4 Å². The van der Waals surface area contributed by atoms with Gasteiger partial charge < -0.3 is 19.7 Å². The molecular weight excluding hydrogens is 492 g/mol. The smallest absolute Gasteiger partial charge is 0.302 e. The topological polar surface area (TPSA) is 84.9 Å². The van der Waals surface area contributed by atoms with Gasteiger partial charge in [-0.05, 0) is 102 Å². The number of allylic oxidation sites excluding steroid dienone is 2. The molecule has 4 aliphatic carbocycles. The van der Waals surface area contributed by atoms with Crippen molar-refractivity contribution in [2.75, 3.05) is 14.1 Å². The minimum atomic E-state index is -0.579. The number of ether oxygens (including phenoxy) is 2. The van der Waals surface area contributed by atoms with Crippen LogP contribution in [0, 0.1) is 34.5 Å². The number of likely N-dealkylation sites (N-methyl/N-ethyl adjacent to an activating group) is 1. The Bertz CT molecular complexity index is 1050. The lowest BCUT2D eigenvalue weighted by atomic mass is 9.43. The molecule has 0 spiro atoms. The van der Waals surface area contributed by atoms with Crippen LogP contribution in [-0.2, 0) is 23.9 Å². The number of esters is 2. The van der Waals surface area contributed by atoms with Crippen molar-refractivity contribution in [3.8, 4) is 0 Å². The van der Waals surface area contributed by atoms with E-state index in [1.165, 1.54) is 13.8 Å². The molecule has 0 saturated heterocycles. The standard InChI is InChI=1S/C32H50N2O5/c1-10-18(2)30(37)33-28-27(38-20(4)35)17-32(7)25-15-16-31(6)23(19(3)34(8)9)13-14-24(31)22(25)11-12-26(32)29(28)39-21(5)36/h10,13,19,22,24-29H,11-12,14-17H2,1-9H3,(H,33,37). The number of carbonyl (C=O) groups excluding carboxylic acids is 3. The summed E-state index contributed by atoms with van der Waals surface area (Å²) < 4.78 is 12.0. The summed E-state index contributed by atoms with van der Waals surface area (Å²) in [6.45, 7) is 13.6. The molecule has 7 heteroatoms. The van der Waals surface area contributed by atoms with Crippen LogP contribution in [0.3, 0.4) is 0 Å². The number of nitrogens with one attached hydrogen (secondary N) is 1. The second-order valence-corrected chi connectivity index (χ2v) is 13.5. The summed E-state index contributed by atoms with van der Waals surface area (Å²) in [5.74, 6) is 0.736. The van der Waals surface area contributed by atoms with Crippen LogP contribution in [0.4, 0.5) is 0 Å². The maximum atomic E-state index is 13.0. The lowest BCUT2D eigenvalue weighted by Gasteiger charge is -2.63. The normalized spacial score (nSPS) is 40.5. The molecule has 4 aliphatic rings. The van der Waals surface area contributed by atoms with Crippen LogP contribution in [0.5, 0.6) is 0 Å². The lowest BCUT2D eigenvalue weighted by molar-refractivity contribution is -0.202. The Morgan fingerprint density at radius 3 is 2.28 bits per heavy atom. The van der Waals surface area contributed by atoms with Crippen molar-refractivity contribution in [1.82, 2.24) is 10.2 Å². The molecule has 0 radical (unpaired) electrons. The first-order valence-corrected chi connectivity index (χ1v) is 14.9. The zero-order chi connectivity index (χ0) is 28.9. The summed E-state index contributed by atoms with van der Waals surface area (Å²) in [4.78, 5) is 40.0. The number of amides is 1. The first kappa shape index (κ1) is 29.8. The van der Waals surface area contributed by atoms with Gasteiger partial charge in [0.15, 0.2) is 0 Å². The number of rotatable bonds is 6. The van der Waals surface area contributed by atoms with Crippen molar-refractivity contribution in [3.05, 3.63) is 23.3 Å². The third-order valence-corrected chi connectivity index (χ3v) is 11.3. The van der Waals surface area contributed by atoms with E-state index in [-0.39, 0.29) is 34.6 Å². The van der Waals surface area contributed by atoms with Crippen molar-refractivity contribution in [3.63, 3.8) is 0 Å². The number of carbonyl (C=O) groups is 3. The van der Waals surface area contributed by atoms with E-state index in [1.807, 2.05) is 6.92 Å². The van der Waals surface area contributed by atoms with E-state index in [0.717, 1.165) is 32.1 Å². The highest BCUT2D eigenvalue weighted by Crippen LogP contribution is 2.67. The predicted octanol–water partition coefficient (Wildman–Crippen LogP) is 5.05. The molecule has 3 fully saturated rings. The fourth-order valence-electron chi connectivity index (χ4n) is 9.12. The Kier molecular flexibility index (Phi) is 8.43. The summed E-state index contributed by atoms with van der Waals surface area (Å²) in [6.07, 6.45) is 9.23. The van der Waals surface area contributed by atoms with Gasteiger partial charge in [-0.2, -0.15) is 0 Å². The Morgan fingerprint density at radius 1 is 1.03 bits per heavy atom. The van der Waals surface area contributed by atoms with Crippen LogP contribution >= 0.6 is 0 Å². The first-order chi connectivity index (χ1) is 18.2. The molecule has 0 aliphatic heterocycles. The Labute approximate surface area is 235 Å². The maximum Gasteiger partial charge on any atom is 0.302 e. The zero-order valence-electron chi connectivity index (χ0n) is 25.5. The minimum Gasteiger partial charge on any atom is -0.460 e. The van der Waals surface area contributed by atoms with E-state index in [1.54, 1.807) is 18.6 Å². The number of hydrogen-bond donors (Lipinski definition) is 1. The minimum absolute atomic E-state index is 0.0876. The van der Waals surface area contributed by atoms with Crippen LogP contribution in [0.15, 0.2) is 23.3 Å². The van der Waals surface area contributed by atoms with Gasteiger partial charge in [0.25, 0.3) is 0 Å². The molecule has 10 atom stereocenters. The highest BCUT2D eigenvalue weighted by molar-refractivity contribution is 5.93. The monoisotopic (exact) mass is 542 g/mol. The molecule has 10 unspecified atom stereocenters. The molecule has 0 bridgehead atoms. The second-order valence-electron chi connectivity index (χ2n) is 13.5. The lowest BCUT2D eigenvalue weighted by Crippen LogP contribution is -2.67. The maximum absolute atomic E-state index is 13.0. The van der Waals surface area contributed by atoms with Gasteiger partial charge in [0.2, 0.25) is 5.91 Å². The SMILES string of the molecule is CC=C(C)C(=O)NC1C(OC(C)=O)CC2(C)C3CCC4(C)C(C(C)N(C)C)=CCC4C3CCC2C1OC(C)=O. The molecule has 4 rings (SSSR count). The fraction of sp³-hybridized carbons (Fsp3) is 0.781. The van der Waals surface area contributed by atoms with Gasteiger partial charge in [-0.25, -0.2) is 0 Å². The van der Waals surface area contributed by atoms with Crippen molar-refractivity contribution < 1.29 is 23.9 Å². The molecule has 7 nitrogen and oxygen atoms in total. The molecule has 3 saturated carbocycles. The zero-order valence-corrected chi connectivity index (χ0v) is 25.5. The summed E-state index contributed by atoms with van der Waals surface area (Å²) in [6, 6.07) is -0.158. The first-order valence-electron chi connectivity index (χ1n) is 14.9. The van der Waals surface area contributed by atoms with Crippen LogP contribution < -0.4 is 5.32 Å². The van der Waals surface area contributed by atoms with Crippen molar-refractivity contribution in [1.29, 1.82) is 0 Å². The number of fused-ring (bicyclic) bond motifs is 5. The van der Waals surface area contributed by atoms with E-state index in [9.17, 15) is 14.4 Å². The average molecular weight is 543 g/mol. The molecule has 1 N–H and O–H groups in total. The Morgan fingerprint density at radius 2 is 1.69 bits per heavy atom. The molecule has 0 aromatic rings. The van der Waals surface area contributed by atoms with Crippen LogP contribution in [0.25, 0.3) is 0 Å². The molecule has 0 heterocycles. The second kappa shape index (κ2) is 11.0. The highest BCUT2D eigenvalue weighted by Gasteiger charge is 2.63. The number of nitrogens with zero attached hydrogens (tertiary/aromatic N) is 1.